The quantitative estimate of drug-likeness (QED) is 0.602. The van der Waals surface area contributed by atoms with Crippen LogP contribution >= 0.6 is 0 Å². The third-order valence-electron chi connectivity index (χ3n) is 3.02. The molecule has 0 saturated heterocycles. The van der Waals surface area contributed by atoms with Crippen molar-refractivity contribution in [3.8, 4) is 0 Å². The molecule has 0 bridgehead atoms. The molecule has 2 heteroatoms. The molecule has 0 spiro atoms. The van der Waals surface area contributed by atoms with Crippen LogP contribution in [0.15, 0.2) is 61.7 Å². The van der Waals surface area contributed by atoms with Gasteiger partial charge < -0.3 is 0 Å². The van der Waals surface area contributed by atoms with Gasteiger partial charge in [0.25, 0.3) is 0 Å². The van der Waals surface area contributed by atoms with E-state index in [0.717, 1.165) is 11.1 Å². The Morgan fingerprint density at radius 2 is 0.950 bits per heavy atom. The van der Waals surface area contributed by atoms with Crippen LogP contribution < -0.4 is 0 Å². The summed E-state index contributed by atoms with van der Waals surface area (Å²) < 4.78 is 0. The summed E-state index contributed by atoms with van der Waals surface area (Å²) in [6.07, 6.45) is 3.37. The summed E-state index contributed by atoms with van der Waals surface area (Å²) in [5, 5.41) is 0. The summed E-state index contributed by atoms with van der Waals surface area (Å²) in [5.74, 6) is -1.01. The SMILES string of the molecule is C=Cc1ccc(C(=O)C(=O)c2ccc(C=C)cc2)cc1. The lowest BCUT2D eigenvalue weighted by Gasteiger charge is -2.02. The Kier molecular flexibility index (Phi) is 4.06. The molecule has 2 nitrogen and oxygen atoms in total. The lowest BCUT2D eigenvalue weighted by molar-refractivity contribution is 0.0817. The number of hydrogen-bond donors (Lipinski definition) is 0. The topological polar surface area (TPSA) is 34.1 Å². The standard InChI is InChI=1S/C18H14O2/c1-3-13-5-9-15(10-6-13)17(19)18(20)16-11-7-14(4-2)8-12-16/h3-12H,1-2H2. The molecule has 20 heavy (non-hydrogen) atoms. The van der Waals surface area contributed by atoms with E-state index in [4.69, 9.17) is 0 Å². The highest BCUT2D eigenvalue weighted by atomic mass is 16.2. The van der Waals surface area contributed by atoms with Crippen molar-refractivity contribution in [2.45, 2.75) is 0 Å². The average molecular weight is 262 g/mol. The molecule has 0 aliphatic rings. The van der Waals surface area contributed by atoms with Crippen molar-refractivity contribution in [2.24, 2.45) is 0 Å². The van der Waals surface area contributed by atoms with Crippen LogP contribution in [0.2, 0.25) is 0 Å². The number of Topliss-reactive ketones (excluding diaryl/α,β-unsaturated/α-hetero) is 2. The predicted octanol–water partition coefficient (Wildman–Crippen LogP) is 4.04. The molecule has 2 aromatic rings. The average Bonchev–Trinajstić information content (AvgIpc) is 2.53. The third kappa shape index (κ3) is 2.81. The molecular weight excluding hydrogens is 248 g/mol. The van der Waals surface area contributed by atoms with Crippen LogP contribution in [-0.4, -0.2) is 11.6 Å². The molecule has 0 heterocycles. The second kappa shape index (κ2) is 5.93. The lowest BCUT2D eigenvalue weighted by Crippen LogP contribution is -2.14. The van der Waals surface area contributed by atoms with Gasteiger partial charge in [-0.05, 0) is 11.1 Å². The van der Waals surface area contributed by atoms with Gasteiger partial charge in [-0.1, -0.05) is 73.8 Å². The number of hydrogen-bond acceptors (Lipinski definition) is 2. The Balaban J connectivity index is 2.24. The van der Waals surface area contributed by atoms with Gasteiger partial charge in [0.2, 0.25) is 11.6 Å². The minimum absolute atomic E-state index is 0.383. The van der Waals surface area contributed by atoms with E-state index in [-0.39, 0.29) is 0 Å². The van der Waals surface area contributed by atoms with Crippen molar-refractivity contribution >= 4 is 23.7 Å². The molecule has 0 atom stereocenters. The number of ketones is 2. The van der Waals surface area contributed by atoms with Gasteiger partial charge in [0.1, 0.15) is 0 Å². The summed E-state index contributed by atoms with van der Waals surface area (Å²) in [5.41, 5.74) is 2.58. The first-order valence-electron chi connectivity index (χ1n) is 6.19. The molecule has 2 rings (SSSR count). The molecule has 0 aromatic heterocycles. The minimum Gasteiger partial charge on any atom is -0.285 e. The molecule has 0 radical (unpaired) electrons. The highest BCUT2D eigenvalue weighted by Gasteiger charge is 2.17. The maximum absolute atomic E-state index is 12.1. The second-order valence-corrected chi connectivity index (χ2v) is 4.31. The fourth-order valence-corrected chi connectivity index (χ4v) is 1.80. The van der Waals surface area contributed by atoms with E-state index >= 15 is 0 Å². The maximum atomic E-state index is 12.1. The fraction of sp³-hybridized carbons (Fsp3) is 0. The Bertz CT molecular complexity index is 600. The summed E-state index contributed by atoms with van der Waals surface area (Å²) >= 11 is 0. The molecule has 0 amide bonds. The van der Waals surface area contributed by atoms with E-state index in [1.807, 2.05) is 0 Å². The zero-order valence-corrected chi connectivity index (χ0v) is 11.0. The van der Waals surface area contributed by atoms with E-state index < -0.39 is 11.6 Å². The zero-order chi connectivity index (χ0) is 14.5. The largest absolute Gasteiger partial charge is 0.285 e. The second-order valence-electron chi connectivity index (χ2n) is 4.31. The van der Waals surface area contributed by atoms with Gasteiger partial charge in [-0.25, -0.2) is 0 Å². The predicted molar refractivity (Wildman–Crippen MR) is 81.7 cm³/mol. The molecule has 0 aliphatic heterocycles. The number of benzene rings is 2. The van der Waals surface area contributed by atoms with Gasteiger partial charge in [0.15, 0.2) is 0 Å². The molecule has 98 valence electrons. The Hall–Kier alpha value is -2.74. The summed E-state index contributed by atoms with van der Waals surface area (Å²) in [4.78, 5) is 24.2. The maximum Gasteiger partial charge on any atom is 0.233 e. The Labute approximate surface area is 118 Å². The molecular formula is C18H14O2. The molecule has 0 unspecified atom stereocenters. The van der Waals surface area contributed by atoms with Crippen molar-refractivity contribution in [1.82, 2.24) is 0 Å². The van der Waals surface area contributed by atoms with Gasteiger partial charge in [-0.15, -0.1) is 0 Å². The Morgan fingerprint density at radius 1 is 0.650 bits per heavy atom. The van der Waals surface area contributed by atoms with Crippen LogP contribution in [0.4, 0.5) is 0 Å². The Morgan fingerprint density at radius 3 is 1.20 bits per heavy atom. The molecule has 0 N–H and O–H groups in total. The van der Waals surface area contributed by atoms with E-state index in [1.54, 1.807) is 60.7 Å². The molecule has 0 fully saturated rings. The van der Waals surface area contributed by atoms with Crippen molar-refractivity contribution in [3.63, 3.8) is 0 Å². The van der Waals surface area contributed by atoms with Gasteiger partial charge in [-0.2, -0.15) is 0 Å². The summed E-state index contributed by atoms with van der Waals surface area (Å²) in [6, 6.07) is 13.6. The van der Waals surface area contributed by atoms with Gasteiger partial charge in [0.05, 0.1) is 0 Å². The first-order valence-corrected chi connectivity index (χ1v) is 6.19. The summed E-state index contributed by atoms with van der Waals surface area (Å²) in [6.45, 7) is 7.29. The van der Waals surface area contributed by atoms with Crippen molar-refractivity contribution in [3.05, 3.63) is 83.9 Å². The van der Waals surface area contributed by atoms with Crippen LogP contribution in [0.25, 0.3) is 12.2 Å². The third-order valence-corrected chi connectivity index (χ3v) is 3.02. The lowest BCUT2D eigenvalue weighted by atomic mass is 10.00. The van der Waals surface area contributed by atoms with Crippen LogP contribution in [0.3, 0.4) is 0 Å². The van der Waals surface area contributed by atoms with Crippen molar-refractivity contribution < 1.29 is 9.59 Å². The van der Waals surface area contributed by atoms with Gasteiger partial charge >= 0.3 is 0 Å². The fourth-order valence-electron chi connectivity index (χ4n) is 1.80. The highest BCUT2D eigenvalue weighted by Crippen LogP contribution is 2.12. The molecule has 2 aromatic carbocycles. The number of rotatable bonds is 5. The van der Waals surface area contributed by atoms with Crippen molar-refractivity contribution in [2.75, 3.05) is 0 Å². The smallest absolute Gasteiger partial charge is 0.233 e. The van der Waals surface area contributed by atoms with Crippen LogP contribution in [0.5, 0.6) is 0 Å². The van der Waals surface area contributed by atoms with Crippen LogP contribution in [-0.2, 0) is 0 Å². The number of carbonyl (C=O) groups is 2. The van der Waals surface area contributed by atoms with E-state index in [2.05, 4.69) is 13.2 Å². The number of carbonyl (C=O) groups excluding carboxylic acids is 2. The molecule has 0 saturated carbocycles. The monoisotopic (exact) mass is 262 g/mol. The van der Waals surface area contributed by atoms with Crippen molar-refractivity contribution in [1.29, 1.82) is 0 Å². The normalized spacial score (nSPS) is 9.80. The van der Waals surface area contributed by atoms with Gasteiger partial charge in [0, 0.05) is 11.1 Å². The van der Waals surface area contributed by atoms with Gasteiger partial charge in [-0.3, -0.25) is 9.59 Å². The van der Waals surface area contributed by atoms with E-state index in [9.17, 15) is 9.59 Å². The summed E-state index contributed by atoms with van der Waals surface area (Å²) in [7, 11) is 0. The zero-order valence-electron chi connectivity index (χ0n) is 11.0. The highest BCUT2D eigenvalue weighted by molar-refractivity contribution is 6.49. The minimum atomic E-state index is -0.507. The van der Waals surface area contributed by atoms with Crippen LogP contribution in [0.1, 0.15) is 31.8 Å². The first kappa shape index (κ1) is 13.7. The van der Waals surface area contributed by atoms with Crippen LogP contribution in [0, 0.1) is 0 Å². The van der Waals surface area contributed by atoms with E-state index in [1.165, 1.54) is 0 Å². The van der Waals surface area contributed by atoms with E-state index in [0.29, 0.717) is 11.1 Å². The first-order chi connectivity index (χ1) is 9.65. The molecule has 0 aliphatic carbocycles.